The van der Waals surface area contributed by atoms with Gasteiger partial charge in [0.25, 0.3) is 0 Å². The van der Waals surface area contributed by atoms with Gasteiger partial charge in [0.2, 0.25) is 11.8 Å². The third kappa shape index (κ3) is 2.55. The molecule has 1 saturated carbocycles. The summed E-state index contributed by atoms with van der Waals surface area (Å²) in [6, 6.07) is -0.295. The second-order valence-electron chi connectivity index (χ2n) is 6.05. The van der Waals surface area contributed by atoms with Crippen LogP contribution in [0.25, 0.3) is 0 Å². The summed E-state index contributed by atoms with van der Waals surface area (Å²) in [4.78, 5) is 27.1. The summed E-state index contributed by atoms with van der Waals surface area (Å²) in [5.41, 5.74) is -0.621. The molecule has 5 nitrogen and oxygen atoms in total. The Hall–Kier alpha value is -1.10. The van der Waals surface area contributed by atoms with Crippen molar-refractivity contribution in [3.8, 4) is 0 Å². The summed E-state index contributed by atoms with van der Waals surface area (Å²) in [7, 11) is 1.66. The zero-order valence-corrected chi connectivity index (χ0v) is 12.8. The monoisotopic (exact) mass is 282 g/mol. The van der Waals surface area contributed by atoms with E-state index in [0.29, 0.717) is 13.0 Å². The Kier molecular flexibility index (Phi) is 4.68. The molecule has 2 aliphatic rings. The topological polar surface area (TPSA) is 58.6 Å². The van der Waals surface area contributed by atoms with E-state index in [1.165, 1.54) is 0 Å². The Bertz CT molecular complexity index is 377. The van der Waals surface area contributed by atoms with Gasteiger partial charge in [-0.1, -0.05) is 19.8 Å². The normalized spacial score (nSPS) is 26.9. The van der Waals surface area contributed by atoms with Crippen LogP contribution in [-0.4, -0.2) is 48.1 Å². The van der Waals surface area contributed by atoms with Gasteiger partial charge < -0.3 is 15.0 Å². The van der Waals surface area contributed by atoms with Crippen molar-refractivity contribution in [2.24, 2.45) is 0 Å². The molecule has 114 valence electrons. The molecule has 0 aromatic heterocycles. The maximum absolute atomic E-state index is 12.9. The fourth-order valence-corrected chi connectivity index (χ4v) is 3.52. The Balaban J connectivity index is 2.23. The zero-order valence-electron chi connectivity index (χ0n) is 12.8. The third-order valence-corrected chi connectivity index (χ3v) is 4.70. The quantitative estimate of drug-likeness (QED) is 0.830. The molecule has 0 bridgehead atoms. The number of piperazine rings is 1. The minimum atomic E-state index is -0.621. The lowest BCUT2D eigenvalue weighted by Gasteiger charge is -2.47. The van der Waals surface area contributed by atoms with Crippen LogP contribution in [0.2, 0.25) is 0 Å². The highest BCUT2D eigenvalue weighted by Crippen LogP contribution is 2.36. The predicted molar refractivity (Wildman–Crippen MR) is 76.2 cm³/mol. The molecule has 2 fully saturated rings. The van der Waals surface area contributed by atoms with Gasteiger partial charge in [-0.15, -0.1) is 0 Å². The Morgan fingerprint density at radius 2 is 2.05 bits per heavy atom. The van der Waals surface area contributed by atoms with E-state index in [1.54, 1.807) is 7.11 Å². The first-order valence-corrected chi connectivity index (χ1v) is 7.69. The van der Waals surface area contributed by atoms with Crippen LogP contribution in [0.15, 0.2) is 0 Å². The molecule has 1 aliphatic carbocycles. The summed E-state index contributed by atoms with van der Waals surface area (Å²) in [6.07, 6.45) is 5.02. The molecule has 0 aromatic carbocycles. The highest BCUT2D eigenvalue weighted by atomic mass is 16.5. The molecule has 20 heavy (non-hydrogen) atoms. The van der Waals surface area contributed by atoms with Crippen LogP contribution in [-0.2, 0) is 14.3 Å². The van der Waals surface area contributed by atoms with Crippen molar-refractivity contribution in [1.82, 2.24) is 10.2 Å². The van der Waals surface area contributed by atoms with E-state index < -0.39 is 5.54 Å². The second kappa shape index (κ2) is 6.12. The maximum atomic E-state index is 12.9. The van der Waals surface area contributed by atoms with Gasteiger partial charge >= 0.3 is 0 Å². The Labute approximate surface area is 121 Å². The van der Waals surface area contributed by atoms with Crippen molar-refractivity contribution in [1.29, 1.82) is 0 Å². The van der Waals surface area contributed by atoms with Crippen LogP contribution in [0.3, 0.4) is 0 Å². The van der Waals surface area contributed by atoms with Crippen molar-refractivity contribution < 1.29 is 14.3 Å². The average molecular weight is 282 g/mol. The minimum absolute atomic E-state index is 0.0123. The van der Waals surface area contributed by atoms with E-state index in [9.17, 15) is 9.59 Å². The Morgan fingerprint density at radius 3 is 2.60 bits per heavy atom. The number of ether oxygens (including phenoxy) is 1. The highest BCUT2D eigenvalue weighted by molar-refractivity contribution is 6.00. The summed E-state index contributed by atoms with van der Waals surface area (Å²) >= 11 is 0. The fraction of sp³-hybridized carbons (Fsp3) is 0.867. The number of hydrogen-bond acceptors (Lipinski definition) is 3. The molecule has 2 rings (SSSR count). The first-order chi connectivity index (χ1) is 9.55. The molecule has 2 atom stereocenters. The molecule has 2 unspecified atom stereocenters. The molecule has 1 heterocycles. The van der Waals surface area contributed by atoms with Crippen molar-refractivity contribution in [3.63, 3.8) is 0 Å². The van der Waals surface area contributed by atoms with E-state index in [-0.39, 0.29) is 23.9 Å². The smallest absolute Gasteiger partial charge is 0.249 e. The first kappa shape index (κ1) is 15.3. The zero-order chi connectivity index (χ0) is 14.8. The van der Waals surface area contributed by atoms with Gasteiger partial charge in [-0.2, -0.15) is 0 Å². The molecular weight excluding hydrogens is 256 g/mol. The third-order valence-electron chi connectivity index (χ3n) is 4.70. The number of carbonyl (C=O) groups is 2. The van der Waals surface area contributed by atoms with E-state index in [1.807, 2.05) is 18.7 Å². The minimum Gasteiger partial charge on any atom is -0.385 e. The van der Waals surface area contributed by atoms with E-state index in [4.69, 9.17) is 4.74 Å². The van der Waals surface area contributed by atoms with Crippen molar-refractivity contribution in [2.45, 2.75) is 70.0 Å². The second-order valence-corrected chi connectivity index (χ2v) is 6.05. The summed E-state index contributed by atoms with van der Waals surface area (Å²) in [5, 5.41) is 3.02. The molecular formula is C15H26N2O3. The number of nitrogens with zero attached hydrogens (tertiary/aromatic N) is 1. The molecule has 1 aliphatic heterocycles. The summed E-state index contributed by atoms with van der Waals surface area (Å²) < 4.78 is 5.11. The molecule has 2 amide bonds. The lowest BCUT2D eigenvalue weighted by Crippen LogP contribution is -2.70. The maximum Gasteiger partial charge on any atom is 0.249 e. The van der Waals surface area contributed by atoms with Crippen LogP contribution < -0.4 is 5.32 Å². The summed E-state index contributed by atoms with van der Waals surface area (Å²) in [5.74, 6) is 0.128. The Morgan fingerprint density at radius 1 is 1.40 bits per heavy atom. The van der Waals surface area contributed by atoms with Crippen LogP contribution >= 0.6 is 0 Å². The van der Waals surface area contributed by atoms with Gasteiger partial charge in [0.15, 0.2) is 0 Å². The average Bonchev–Trinajstić information content (AvgIpc) is 2.89. The number of amides is 2. The lowest BCUT2D eigenvalue weighted by molar-refractivity contribution is -0.158. The number of nitrogens with one attached hydrogen (secondary N) is 1. The lowest BCUT2D eigenvalue weighted by atomic mass is 9.88. The van der Waals surface area contributed by atoms with Crippen LogP contribution in [0, 0.1) is 0 Å². The first-order valence-electron chi connectivity index (χ1n) is 7.69. The van der Waals surface area contributed by atoms with E-state index in [2.05, 4.69) is 5.32 Å². The van der Waals surface area contributed by atoms with Gasteiger partial charge in [-0.05, 0) is 32.6 Å². The fourth-order valence-electron chi connectivity index (χ4n) is 3.52. The molecule has 1 spiro atoms. The SMILES string of the molecule is CCC1C(=O)NC2(CCCC2)C(=O)N1C(C)CCOC. The van der Waals surface area contributed by atoms with Crippen molar-refractivity contribution >= 4 is 11.8 Å². The number of methoxy groups -OCH3 is 1. The van der Waals surface area contributed by atoms with Crippen LogP contribution in [0.4, 0.5) is 0 Å². The standard InChI is InChI=1S/C15H26N2O3/c1-4-12-13(18)16-15(8-5-6-9-15)14(19)17(12)11(2)7-10-20-3/h11-12H,4-10H2,1-3H3,(H,16,18). The number of carbonyl (C=O) groups excluding carboxylic acids is 2. The predicted octanol–water partition coefficient (Wildman–Crippen LogP) is 1.46. The largest absolute Gasteiger partial charge is 0.385 e. The molecule has 0 radical (unpaired) electrons. The van der Waals surface area contributed by atoms with Gasteiger partial charge in [0.05, 0.1) is 0 Å². The molecule has 5 heteroatoms. The molecule has 0 aromatic rings. The van der Waals surface area contributed by atoms with Crippen molar-refractivity contribution in [2.75, 3.05) is 13.7 Å². The highest BCUT2D eigenvalue weighted by Gasteiger charge is 2.52. The summed E-state index contributed by atoms with van der Waals surface area (Å²) in [6.45, 7) is 4.58. The number of rotatable bonds is 5. The van der Waals surface area contributed by atoms with Gasteiger partial charge in [0, 0.05) is 19.8 Å². The van der Waals surface area contributed by atoms with Crippen LogP contribution in [0.1, 0.15) is 52.4 Å². The van der Waals surface area contributed by atoms with Gasteiger partial charge in [0.1, 0.15) is 11.6 Å². The molecule has 1 N–H and O–H groups in total. The van der Waals surface area contributed by atoms with Crippen LogP contribution in [0.5, 0.6) is 0 Å². The molecule has 1 saturated heterocycles. The van der Waals surface area contributed by atoms with E-state index in [0.717, 1.165) is 32.1 Å². The van der Waals surface area contributed by atoms with Crippen molar-refractivity contribution in [3.05, 3.63) is 0 Å². The van der Waals surface area contributed by atoms with Gasteiger partial charge in [-0.3, -0.25) is 9.59 Å². The van der Waals surface area contributed by atoms with E-state index >= 15 is 0 Å². The van der Waals surface area contributed by atoms with Gasteiger partial charge in [-0.25, -0.2) is 0 Å². The number of hydrogen-bond donors (Lipinski definition) is 1.